The first-order valence-electron chi connectivity index (χ1n) is 4.48. The predicted octanol–water partition coefficient (Wildman–Crippen LogP) is 2.11. The van der Waals surface area contributed by atoms with Crippen LogP contribution in [-0.2, 0) is 11.0 Å². The number of halogens is 3. The molecule has 1 aromatic rings. The third kappa shape index (κ3) is 3.72. The van der Waals surface area contributed by atoms with E-state index >= 15 is 0 Å². The van der Waals surface area contributed by atoms with Crippen molar-refractivity contribution in [2.45, 2.75) is 12.6 Å². The first-order chi connectivity index (χ1) is 7.80. The van der Waals surface area contributed by atoms with Crippen LogP contribution in [0.4, 0.5) is 18.9 Å². The summed E-state index contributed by atoms with van der Waals surface area (Å²) >= 11 is 0. The van der Waals surface area contributed by atoms with Gasteiger partial charge in [-0.05, 0) is 18.2 Å². The van der Waals surface area contributed by atoms with E-state index in [4.69, 9.17) is 10.8 Å². The molecule has 0 aromatic heterocycles. The lowest BCUT2D eigenvalue weighted by atomic mass is 10.1. The zero-order valence-electron chi connectivity index (χ0n) is 8.51. The Morgan fingerprint density at radius 2 is 2.06 bits per heavy atom. The van der Waals surface area contributed by atoms with Crippen LogP contribution in [0.15, 0.2) is 18.2 Å². The number of hydrogen-bond acceptors (Lipinski definition) is 2. The lowest BCUT2D eigenvalue weighted by Crippen LogP contribution is -2.08. The normalized spacial score (nSPS) is 10.5. The van der Waals surface area contributed by atoms with Gasteiger partial charge in [0.2, 0.25) is 0 Å². The zero-order chi connectivity index (χ0) is 13.1. The molecule has 0 unspecified atom stereocenters. The van der Waals surface area contributed by atoms with Crippen molar-refractivity contribution < 1.29 is 23.1 Å². The fourth-order valence-electron chi connectivity index (χ4n) is 1.12. The van der Waals surface area contributed by atoms with E-state index in [1.54, 1.807) is 0 Å². The van der Waals surface area contributed by atoms with Gasteiger partial charge >= 0.3 is 12.1 Å². The fraction of sp³-hybridized carbons (Fsp3) is 0.182. The first-order valence-corrected chi connectivity index (χ1v) is 4.48. The second-order valence-corrected chi connectivity index (χ2v) is 3.17. The molecule has 0 saturated carbocycles. The molecule has 6 heteroatoms. The van der Waals surface area contributed by atoms with Gasteiger partial charge in [-0.3, -0.25) is 4.79 Å². The second-order valence-electron chi connectivity index (χ2n) is 3.17. The molecule has 1 rings (SSSR count). The highest BCUT2D eigenvalue weighted by Crippen LogP contribution is 2.33. The topological polar surface area (TPSA) is 63.3 Å². The third-order valence-corrected chi connectivity index (χ3v) is 1.83. The molecular formula is C11H8F3NO2. The van der Waals surface area contributed by atoms with Crippen molar-refractivity contribution in [3.63, 3.8) is 0 Å². The van der Waals surface area contributed by atoms with E-state index in [-0.39, 0.29) is 12.0 Å². The molecule has 0 amide bonds. The predicted molar refractivity (Wildman–Crippen MR) is 55.0 cm³/mol. The number of carbonyl (C=O) groups is 1. The van der Waals surface area contributed by atoms with Gasteiger partial charge in [0.15, 0.2) is 0 Å². The fourth-order valence-corrected chi connectivity index (χ4v) is 1.12. The van der Waals surface area contributed by atoms with Crippen molar-refractivity contribution in [1.82, 2.24) is 0 Å². The summed E-state index contributed by atoms with van der Waals surface area (Å²) in [6, 6.07) is 3.03. The van der Waals surface area contributed by atoms with Crippen LogP contribution in [0.2, 0.25) is 0 Å². The minimum atomic E-state index is -4.50. The summed E-state index contributed by atoms with van der Waals surface area (Å²) in [6.07, 6.45) is -4.88. The van der Waals surface area contributed by atoms with Crippen LogP contribution in [0.3, 0.4) is 0 Å². The molecule has 0 fully saturated rings. The Kier molecular flexibility index (Phi) is 3.63. The van der Waals surface area contributed by atoms with Gasteiger partial charge < -0.3 is 10.8 Å². The Morgan fingerprint density at radius 3 is 2.53 bits per heavy atom. The van der Waals surface area contributed by atoms with Crippen LogP contribution in [0.1, 0.15) is 17.5 Å². The summed E-state index contributed by atoms with van der Waals surface area (Å²) in [6.45, 7) is 0. The minimum absolute atomic E-state index is 0.247. The number of anilines is 1. The smallest absolute Gasteiger partial charge is 0.418 e. The van der Waals surface area contributed by atoms with Crippen molar-refractivity contribution in [2.24, 2.45) is 0 Å². The van der Waals surface area contributed by atoms with E-state index in [1.165, 1.54) is 0 Å². The van der Waals surface area contributed by atoms with Gasteiger partial charge in [0.05, 0.1) is 5.56 Å². The van der Waals surface area contributed by atoms with Crippen LogP contribution >= 0.6 is 0 Å². The van der Waals surface area contributed by atoms with E-state index in [0.29, 0.717) is 0 Å². The maximum atomic E-state index is 12.3. The Balaban J connectivity index is 2.96. The van der Waals surface area contributed by atoms with Gasteiger partial charge in [-0.1, -0.05) is 11.8 Å². The number of carboxylic acids is 1. The number of alkyl halides is 3. The van der Waals surface area contributed by atoms with E-state index in [9.17, 15) is 18.0 Å². The van der Waals surface area contributed by atoms with E-state index < -0.39 is 23.4 Å². The molecule has 0 bridgehead atoms. The summed E-state index contributed by atoms with van der Waals surface area (Å²) < 4.78 is 37.0. The summed E-state index contributed by atoms with van der Waals surface area (Å²) in [5.41, 5.74) is 4.12. The van der Waals surface area contributed by atoms with Crippen LogP contribution in [0.25, 0.3) is 0 Å². The quantitative estimate of drug-likeness (QED) is 0.586. The van der Waals surface area contributed by atoms with Crippen LogP contribution in [0.5, 0.6) is 0 Å². The molecule has 0 heterocycles. The van der Waals surface area contributed by atoms with Gasteiger partial charge in [-0.15, -0.1) is 0 Å². The number of nitrogens with two attached hydrogens (primary N) is 1. The number of nitrogen functional groups attached to an aromatic ring is 1. The lowest BCUT2D eigenvalue weighted by molar-refractivity contribution is -0.137. The molecule has 0 atom stereocenters. The van der Waals surface area contributed by atoms with Crippen molar-refractivity contribution in [3.8, 4) is 11.8 Å². The monoisotopic (exact) mass is 243 g/mol. The Bertz CT molecular complexity index is 498. The Morgan fingerprint density at radius 1 is 1.41 bits per heavy atom. The largest absolute Gasteiger partial charge is 0.481 e. The van der Waals surface area contributed by atoms with E-state index in [2.05, 4.69) is 11.8 Å². The van der Waals surface area contributed by atoms with Gasteiger partial charge in [-0.2, -0.15) is 13.2 Å². The first kappa shape index (κ1) is 12.9. The summed E-state index contributed by atoms with van der Waals surface area (Å²) in [4.78, 5) is 10.2. The maximum Gasteiger partial charge on any atom is 0.418 e. The van der Waals surface area contributed by atoms with Crippen molar-refractivity contribution in [3.05, 3.63) is 29.3 Å². The molecule has 3 N–H and O–H groups in total. The van der Waals surface area contributed by atoms with E-state index in [1.807, 2.05) is 0 Å². The SMILES string of the molecule is Nc1cc(C#CCC(=O)O)ccc1C(F)(F)F. The molecule has 17 heavy (non-hydrogen) atoms. The highest BCUT2D eigenvalue weighted by Gasteiger charge is 2.32. The molecule has 3 nitrogen and oxygen atoms in total. The van der Waals surface area contributed by atoms with Crippen molar-refractivity contribution in [2.75, 3.05) is 5.73 Å². The molecule has 0 aliphatic heterocycles. The summed E-state index contributed by atoms with van der Waals surface area (Å²) in [5.74, 6) is 3.62. The average Bonchev–Trinajstić information content (AvgIpc) is 2.14. The number of hydrogen-bond donors (Lipinski definition) is 2. The van der Waals surface area contributed by atoms with Crippen LogP contribution < -0.4 is 5.73 Å². The molecule has 1 aromatic carbocycles. The van der Waals surface area contributed by atoms with Gasteiger partial charge in [0, 0.05) is 11.3 Å². The summed E-state index contributed by atoms with van der Waals surface area (Å²) in [7, 11) is 0. The molecule has 0 saturated heterocycles. The van der Waals surface area contributed by atoms with Crippen LogP contribution in [0, 0.1) is 11.8 Å². The molecule has 0 aliphatic rings. The zero-order valence-corrected chi connectivity index (χ0v) is 8.51. The molecular weight excluding hydrogens is 235 g/mol. The lowest BCUT2D eigenvalue weighted by Gasteiger charge is -2.09. The van der Waals surface area contributed by atoms with Gasteiger partial charge in [-0.25, -0.2) is 0 Å². The van der Waals surface area contributed by atoms with Crippen molar-refractivity contribution in [1.29, 1.82) is 0 Å². The second kappa shape index (κ2) is 4.78. The Labute approximate surface area is 95.0 Å². The number of benzene rings is 1. The van der Waals surface area contributed by atoms with Crippen molar-refractivity contribution >= 4 is 11.7 Å². The molecule has 0 aliphatic carbocycles. The van der Waals surface area contributed by atoms with Crippen LogP contribution in [-0.4, -0.2) is 11.1 Å². The Hall–Kier alpha value is -2.16. The highest BCUT2D eigenvalue weighted by atomic mass is 19.4. The maximum absolute atomic E-state index is 12.3. The van der Waals surface area contributed by atoms with E-state index in [0.717, 1.165) is 18.2 Å². The molecule has 0 spiro atoms. The van der Waals surface area contributed by atoms with Gasteiger partial charge in [0.1, 0.15) is 6.42 Å². The third-order valence-electron chi connectivity index (χ3n) is 1.83. The number of carboxylic acid groups (broad SMARTS) is 1. The standard InChI is InChI=1S/C11H8F3NO2/c12-11(13,14)8-5-4-7(6-9(8)15)2-1-3-10(16)17/h4-6H,3,15H2,(H,16,17). The minimum Gasteiger partial charge on any atom is -0.481 e. The molecule has 90 valence electrons. The molecule has 0 radical (unpaired) electrons. The highest BCUT2D eigenvalue weighted by molar-refractivity contribution is 5.70. The average molecular weight is 243 g/mol. The number of rotatable bonds is 1. The summed E-state index contributed by atoms with van der Waals surface area (Å²) in [5, 5.41) is 8.32. The number of aliphatic carboxylic acids is 1. The van der Waals surface area contributed by atoms with Gasteiger partial charge in [0.25, 0.3) is 0 Å².